The molecule has 0 radical (unpaired) electrons. The van der Waals surface area contributed by atoms with Gasteiger partial charge in [0.15, 0.2) is 16.6 Å². The Balaban J connectivity index is 1.43. The van der Waals surface area contributed by atoms with E-state index in [0.717, 1.165) is 37.4 Å². The van der Waals surface area contributed by atoms with Gasteiger partial charge in [0.05, 0.1) is 12.0 Å². The lowest BCUT2D eigenvalue weighted by Gasteiger charge is -2.44. The molecular formula is C23H26N8O12S2. The van der Waals surface area contributed by atoms with Crippen LogP contribution in [0.25, 0.3) is 0 Å². The average molecular weight is 671 g/mol. The number of carboxylic acids is 1. The Hall–Kier alpha value is -5.09. The minimum atomic E-state index is -5.12. The summed E-state index contributed by atoms with van der Waals surface area (Å²) in [6.45, 7) is 1.57. The number of nitrogens with one attached hydrogen (secondary N) is 3. The molecule has 0 unspecified atom stereocenters. The molecule has 2 aromatic rings. The van der Waals surface area contributed by atoms with Crippen molar-refractivity contribution < 1.29 is 52.0 Å². The van der Waals surface area contributed by atoms with E-state index in [-0.39, 0.29) is 33.9 Å². The number of amides is 4. The van der Waals surface area contributed by atoms with Crippen molar-refractivity contribution in [2.75, 3.05) is 25.4 Å². The van der Waals surface area contributed by atoms with E-state index in [2.05, 4.69) is 25.8 Å². The maximum atomic E-state index is 13.2. The Morgan fingerprint density at radius 3 is 2.49 bits per heavy atom. The number of oxime groups is 1. The number of nitrogens with zero attached hydrogens (tertiary/aromatic N) is 4. The summed E-state index contributed by atoms with van der Waals surface area (Å²) in [6, 6.07) is -2.21. The smallest absolute Gasteiger partial charge is 0.362 e. The molecule has 2 saturated heterocycles. The van der Waals surface area contributed by atoms with E-state index in [4.69, 9.17) is 10.6 Å². The summed E-state index contributed by atoms with van der Waals surface area (Å²) >= 11 is 0.905. The van der Waals surface area contributed by atoms with Gasteiger partial charge in [-0.2, -0.15) is 8.42 Å². The van der Waals surface area contributed by atoms with Gasteiger partial charge in [-0.25, -0.2) is 14.1 Å². The third-order valence-electron chi connectivity index (χ3n) is 6.71. The number of carbonyl (C=O) groups is 5. The number of carbonyl (C=O) groups excluding carboxylic acids is 4. The van der Waals surface area contributed by atoms with E-state index in [1.165, 1.54) is 10.3 Å². The third kappa shape index (κ3) is 6.86. The maximum Gasteiger partial charge on any atom is 0.362 e. The quantitative estimate of drug-likeness (QED) is 0.0546. The second-order valence-corrected chi connectivity index (χ2v) is 12.5. The molecule has 4 rings (SSSR count). The molecule has 2 aromatic heterocycles. The summed E-state index contributed by atoms with van der Waals surface area (Å²) < 4.78 is 33.4. The molecule has 20 nitrogen and oxygen atoms in total. The van der Waals surface area contributed by atoms with Crippen molar-refractivity contribution in [2.45, 2.75) is 31.5 Å². The number of H-pyrrole nitrogens is 1. The highest BCUT2D eigenvalue weighted by molar-refractivity contribution is 7.84. The van der Waals surface area contributed by atoms with E-state index in [0.29, 0.717) is 0 Å². The number of anilines is 1. The van der Waals surface area contributed by atoms with Crippen LogP contribution in [-0.2, 0) is 34.3 Å². The lowest BCUT2D eigenvalue weighted by molar-refractivity contribution is -0.161. The molecule has 0 aliphatic carbocycles. The molecule has 0 aromatic carbocycles. The molecule has 8 N–H and O–H groups in total. The van der Waals surface area contributed by atoms with Crippen molar-refractivity contribution in [1.82, 2.24) is 29.8 Å². The molecule has 242 valence electrons. The minimum absolute atomic E-state index is 0.00784. The molecule has 2 atom stereocenters. The highest BCUT2D eigenvalue weighted by Crippen LogP contribution is 2.25. The summed E-state index contributed by atoms with van der Waals surface area (Å²) in [5.74, 6) is -6.43. The van der Waals surface area contributed by atoms with E-state index in [1.807, 2.05) is 0 Å². The molecule has 45 heavy (non-hydrogen) atoms. The number of aromatic nitrogens is 2. The summed E-state index contributed by atoms with van der Waals surface area (Å²) in [6.07, 6.45) is 0.945. The van der Waals surface area contributed by atoms with Crippen LogP contribution in [0, 0.1) is 5.92 Å². The number of aliphatic carboxylic acids is 1. The van der Waals surface area contributed by atoms with Gasteiger partial charge in [-0.1, -0.05) is 5.16 Å². The van der Waals surface area contributed by atoms with Crippen LogP contribution in [0.1, 0.15) is 30.0 Å². The number of hydrogen-bond donors (Lipinski definition) is 7. The van der Waals surface area contributed by atoms with Crippen molar-refractivity contribution in [3.8, 4) is 5.75 Å². The first-order valence-electron chi connectivity index (χ1n) is 12.7. The molecule has 22 heteroatoms. The number of thiazole rings is 1. The number of nitrogen functional groups attached to an aromatic ring is 1. The van der Waals surface area contributed by atoms with Crippen LogP contribution in [0.5, 0.6) is 5.75 Å². The van der Waals surface area contributed by atoms with Crippen LogP contribution in [0.3, 0.4) is 0 Å². The Morgan fingerprint density at radius 2 is 1.93 bits per heavy atom. The number of rotatable bonds is 11. The summed E-state index contributed by atoms with van der Waals surface area (Å²) in [7, 11) is -5.12. The van der Waals surface area contributed by atoms with Gasteiger partial charge in [-0.3, -0.25) is 28.5 Å². The normalized spacial score (nSPS) is 18.9. The fourth-order valence-corrected chi connectivity index (χ4v) is 5.52. The average Bonchev–Trinajstić information content (AvgIpc) is 3.34. The van der Waals surface area contributed by atoms with E-state index >= 15 is 0 Å². The summed E-state index contributed by atoms with van der Waals surface area (Å²) in [4.78, 5) is 86.6. The van der Waals surface area contributed by atoms with Crippen molar-refractivity contribution in [1.29, 1.82) is 0 Å². The second-order valence-electron chi connectivity index (χ2n) is 10.3. The monoisotopic (exact) mass is 670 g/mol. The molecule has 4 heterocycles. The first-order valence-corrected chi connectivity index (χ1v) is 15.0. The molecule has 2 aliphatic heterocycles. The van der Waals surface area contributed by atoms with Gasteiger partial charge >= 0.3 is 16.3 Å². The highest BCUT2D eigenvalue weighted by Gasteiger charge is 2.54. The van der Waals surface area contributed by atoms with E-state index in [1.54, 1.807) is 0 Å². The molecule has 0 spiro atoms. The fourth-order valence-electron chi connectivity index (χ4n) is 4.09. The minimum Gasteiger partial charge on any atom is -0.503 e. The van der Waals surface area contributed by atoms with Gasteiger partial charge in [0, 0.05) is 37.3 Å². The van der Waals surface area contributed by atoms with Gasteiger partial charge in [0.2, 0.25) is 16.9 Å². The molecule has 0 saturated carbocycles. The predicted octanol–water partition coefficient (Wildman–Crippen LogP) is -2.91. The SMILES string of the molecule is CC(C)(ON=C(C(=O)N[C@@H]1C(=O)N(S(=O)(=O)O)[C@H]1CNC(=O)C1CN(C(=O)c2cc(=O)c(O)c[nH]2)C1)c1csc(N)n1)C(=O)O. The number of aromatic hydroxyl groups is 1. The Morgan fingerprint density at radius 1 is 1.27 bits per heavy atom. The van der Waals surface area contributed by atoms with Crippen LogP contribution in [0.15, 0.2) is 27.6 Å². The zero-order valence-corrected chi connectivity index (χ0v) is 24.9. The fraction of sp³-hybridized carbons (Fsp3) is 0.391. The van der Waals surface area contributed by atoms with Crippen molar-refractivity contribution in [2.24, 2.45) is 11.1 Å². The van der Waals surface area contributed by atoms with E-state index in [9.17, 15) is 52.0 Å². The van der Waals surface area contributed by atoms with Gasteiger partial charge in [-0.15, -0.1) is 11.3 Å². The van der Waals surface area contributed by atoms with Crippen LogP contribution in [-0.4, -0.2) is 115 Å². The molecular weight excluding hydrogens is 644 g/mol. The van der Waals surface area contributed by atoms with Crippen LogP contribution < -0.4 is 21.8 Å². The highest BCUT2D eigenvalue weighted by atomic mass is 32.2. The maximum absolute atomic E-state index is 13.2. The first kappa shape index (κ1) is 32.8. The lowest BCUT2D eigenvalue weighted by atomic mass is 9.96. The number of aromatic amines is 1. The zero-order valence-electron chi connectivity index (χ0n) is 23.3. The van der Waals surface area contributed by atoms with Gasteiger partial charge in [-0.05, 0) is 13.8 Å². The van der Waals surface area contributed by atoms with Gasteiger partial charge in [0.1, 0.15) is 17.4 Å². The molecule has 0 bridgehead atoms. The Bertz CT molecular complexity index is 1760. The number of carboxylic acid groups (broad SMARTS) is 1. The molecule has 4 amide bonds. The predicted molar refractivity (Wildman–Crippen MR) is 151 cm³/mol. The number of β-lactam (4-membered cyclic amide) rings is 1. The standard InChI is InChI=1S/C23H26N8O12S2/c1-23(2,21(38)39)43-29-15(11-8-44-22(24)27-11)18(35)28-16-12(31(20(16)37)45(40,41)42)4-26-17(34)9-6-30(7-9)19(36)10-3-13(32)14(33)5-25-10/h3,5,8-9,12,16,33H,4,6-7H2,1-2H3,(H2,24,27)(H,25,32)(H,26,34)(H,28,35)(H,38,39)(H,40,41,42)/t12-,16-/m0/s1. The van der Waals surface area contributed by atoms with Gasteiger partial charge < -0.3 is 41.3 Å². The van der Waals surface area contributed by atoms with Crippen LogP contribution >= 0.6 is 11.3 Å². The molecule has 2 fully saturated rings. The Kier molecular flexibility index (Phi) is 8.84. The van der Waals surface area contributed by atoms with Gasteiger partial charge in [0.25, 0.3) is 17.7 Å². The Labute approximate surface area is 256 Å². The summed E-state index contributed by atoms with van der Waals surface area (Å²) in [5, 5.41) is 28.1. The van der Waals surface area contributed by atoms with E-state index < -0.39 is 86.9 Å². The number of likely N-dealkylation sites (tertiary alicyclic amines) is 1. The molecule has 2 aliphatic rings. The third-order valence-corrected chi connectivity index (χ3v) is 8.33. The lowest BCUT2D eigenvalue weighted by Crippen LogP contribution is -2.75. The number of pyridine rings is 1. The number of nitrogens with two attached hydrogens (primary N) is 1. The second kappa shape index (κ2) is 12.1. The largest absolute Gasteiger partial charge is 0.503 e. The van der Waals surface area contributed by atoms with Crippen LogP contribution in [0.2, 0.25) is 0 Å². The summed E-state index contributed by atoms with van der Waals surface area (Å²) in [5.41, 5.74) is 2.07. The van der Waals surface area contributed by atoms with Crippen molar-refractivity contribution >= 4 is 62.1 Å². The number of hydrogen-bond acceptors (Lipinski definition) is 14. The van der Waals surface area contributed by atoms with Crippen molar-refractivity contribution in [3.05, 3.63) is 39.3 Å². The zero-order chi connectivity index (χ0) is 33.4. The topological polar surface area (TPSA) is 304 Å². The van der Waals surface area contributed by atoms with Crippen LogP contribution in [0.4, 0.5) is 5.13 Å². The van der Waals surface area contributed by atoms with Crippen molar-refractivity contribution in [3.63, 3.8) is 0 Å². The first-order chi connectivity index (χ1) is 20.9.